The van der Waals surface area contributed by atoms with Gasteiger partial charge in [-0.15, -0.1) is 0 Å². The fourth-order valence-electron chi connectivity index (χ4n) is 5.19. The van der Waals surface area contributed by atoms with Crippen molar-refractivity contribution in [3.63, 3.8) is 0 Å². The molecule has 0 radical (unpaired) electrons. The lowest BCUT2D eigenvalue weighted by atomic mass is 9.90. The van der Waals surface area contributed by atoms with E-state index in [9.17, 15) is 4.79 Å². The number of amides is 1. The first-order chi connectivity index (χ1) is 17.5. The molecule has 2 aromatic heterocycles. The van der Waals surface area contributed by atoms with Crippen LogP contribution in [0.1, 0.15) is 36.5 Å². The van der Waals surface area contributed by atoms with E-state index in [1.54, 1.807) is 20.3 Å². The lowest BCUT2D eigenvalue weighted by Gasteiger charge is -2.33. The molecule has 1 amide bonds. The number of rotatable bonds is 9. The molecule has 5 rings (SSSR count). The number of nitrogens with one attached hydrogen (secondary N) is 1. The third-order valence-corrected chi connectivity index (χ3v) is 9.02. The van der Waals surface area contributed by atoms with Crippen LogP contribution >= 0.6 is 30.3 Å². The predicted molar refractivity (Wildman–Crippen MR) is 150 cm³/mol. The summed E-state index contributed by atoms with van der Waals surface area (Å²) in [6.07, 6.45) is 5.25. The van der Waals surface area contributed by atoms with Crippen molar-refractivity contribution in [1.29, 1.82) is 0 Å². The minimum absolute atomic E-state index is 0.0341. The van der Waals surface area contributed by atoms with E-state index in [1.165, 1.54) is 15.5 Å². The maximum absolute atomic E-state index is 13.3. The van der Waals surface area contributed by atoms with Gasteiger partial charge in [0.05, 0.1) is 24.8 Å². The highest BCUT2D eigenvalue weighted by molar-refractivity contribution is 14.2. The number of hydrogen-bond donors (Lipinski definition) is 1. The third-order valence-electron chi connectivity index (χ3n) is 7.30. The molecule has 0 bridgehead atoms. The van der Waals surface area contributed by atoms with Gasteiger partial charge in [0.1, 0.15) is 5.75 Å². The number of hydrogen-bond acceptors (Lipinski definition) is 8. The number of halogens is 1. The number of fused-ring (bicyclic) bond motifs is 1. The third kappa shape index (κ3) is 4.84. The molecule has 1 spiro atoms. The Labute approximate surface area is 227 Å². The normalized spacial score (nSPS) is 18.4. The number of ether oxygens (including phenoxy) is 3. The number of carbonyl (C=O) groups is 1. The zero-order chi connectivity index (χ0) is 25.3. The van der Waals surface area contributed by atoms with Gasteiger partial charge in [-0.25, -0.2) is 0 Å². The van der Waals surface area contributed by atoms with Crippen LogP contribution in [0.5, 0.6) is 11.6 Å². The fourth-order valence-corrected chi connectivity index (χ4v) is 6.45. The van der Waals surface area contributed by atoms with Crippen LogP contribution in [0.3, 0.4) is 0 Å². The van der Waals surface area contributed by atoms with Crippen molar-refractivity contribution in [2.45, 2.75) is 26.2 Å². The van der Waals surface area contributed by atoms with Crippen molar-refractivity contribution in [2.24, 2.45) is 11.3 Å². The van der Waals surface area contributed by atoms with Crippen molar-refractivity contribution in [2.75, 3.05) is 45.8 Å². The van der Waals surface area contributed by atoms with Crippen LogP contribution in [-0.2, 0) is 4.74 Å². The van der Waals surface area contributed by atoms with E-state index in [4.69, 9.17) is 14.2 Å². The molecule has 1 aromatic carbocycles. The minimum Gasteiger partial charge on any atom is -0.495 e. The van der Waals surface area contributed by atoms with Crippen LogP contribution in [0.4, 0.5) is 11.6 Å². The highest BCUT2D eigenvalue weighted by Crippen LogP contribution is 2.59. The summed E-state index contributed by atoms with van der Waals surface area (Å²) in [7, 11) is 4.88. The van der Waals surface area contributed by atoms with Gasteiger partial charge in [0.2, 0.25) is 11.8 Å². The standard InChI is InChI=1S/C25H30IN5O4S/c1-4-35-22-18-7-10-31(36-26)21(18)28-24(29-22)27-19-6-5-16(13-20(19)34-3)23(32)30-11-8-25(9-12-30)14-17(25)15-33-2/h5-7,10,13,17H,4,8-9,11-12,14-15H2,1-3H3,(H,27,28,29). The summed E-state index contributed by atoms with van der Waals surface area (Å²) in [5.41, 5.74) is 2.43. The molecule has 2 fully saturated rings. The van der Waals surface area contributed by atoms with Gasteiger partial charge >= 0.3 is 0 Å². The monoisotopic (exact) mass is 623 g/mol. The molecule has 2 aliphatic rings. The van der Waals surface area contributed by atoms with Gasteiger partial charge in [-0.05, 0) is 61.8 Å². The van der Waals surface area contributed by atoms with Crippen molar-refractivity contribution in [1.82, 2.24) is 18.8 Å². The Balaban J connectivity index is 1.33. The van der Waals surface area contributed by atoms with Crippen LogP contribution in [0.15, 0.2) is 30.5 Å². The molecule has 36 heavy (non-hydrogen) atoms. The first kappa shape index (κ1) is 25.4. The lowest BCUT2D eigenvalue weighted by Crippen LogP contribution is -2.39. The lowest BCUT2D eigenvalue weighted by molar-refractivity contribution is 0.0652. The number of anilines is 2. The van der Waals surface area contributed by atoms with E-state index in [2.05, 4.69) is 36.5 Å². The van der Waals surface area contributed by atoms with Crippen molar-refractivity contribution in [3.05, 3.63) is 36.0 Å². The fraction of sp³-hybridized carbons (Fsp3) is 0.480. The van der Waals surface area contributed by atoms with Gasteiger partial charge in [-0.3, -0.25) is 8.77 Å². The molecule has 1 unspecified atom stereocenters. The van der Waals surface area contributed by atoms with E-state index in [1.807, 2.05) is 40.2 Å². The summed E-state index contributed by atoms with van der Waals surface area (Å²) in [6, 6.07) is 7.40. The van der Waals surface area contributed by atoms with Gasteiger partial charge in [0.15, 0.2) is 5.65 Å². The maximum Gasteiger partial charge on any atom is 0.253 e. The van der Waals surface area contributed by atoms with E-state index in [-0.39, 0.29) is 5.91 Å². The molecule has 3 heterocycles. The number of carbonyl (C=O) groups excluding carboxylic acids is 1. The van der Waals surface area contributed by atoms with E-state index in [0.29, 0.717) is 46.8 Å². The topological polar surface area (TPSA) is 90.7 Å². The van der Waals surface area contributed by atoms with E-state index < -0.39 is 0 Å². The Hall–Kier alpha value is -2.25. The van der Waals surface area contributed by atoms with Crippen LogP contribution in [0.2, 0.25) is 0 Å². The highest BCUT2D eigenvalue weighted by Gasteiger charge is 2.54. The van der Waals surface area contributed by atoms with E-state index in [0.717, 1.165) is 43.6 Å². The van der Waals surface area contributed by atoms with Gasteiger partial charge in [0.25, 0.3) is 5.91 Å². The summed E-state index contributed by atoms with van der Waals surface area (Å²) in [5, 5.41) is 4.10. The van der Waals surface area contributed by atoms with Crippen LogP contribution in [0, 0.1) is 11.3 Å². The Morgan fingerprint density at radius 2 is 2.06 bits per heavy atom. The number of nitrogens with zero attached hydrogens (tertiary/aromatic N) is 4. The molecular formula is C25H30IN5O4S. The maximum atomic E-state index is 13.3. The van der Waals surface area contributed by atoms with Crippen molar-refractivity contribution < 1.29 is 19.0 Å². The molecule has 1 saturated carbocycles. The Kier molecular flexibility index (Phi) is 7.49. The molecule has 3 aromatic rings. The zero-order valence-electron chi connectivity index (χ0n) is 20.6. The minimum atomic E-state index is 0.0341. The second-order valence-corrected chi connectivity index (χ2v) is 11.0. The number of likely N-dealkylation sites (tertiary alicyclic amines) is 1. The number of aromatic nitrogens is 3. The van der Waals surface area contributed by atoms with Crippen LogP contribution in [-0.4, -0.2) is 65.3 Å². The van der Waals surface area contributed by atoms with Crippen LogP contribution in [0.25, 0.3) is 11.0 Å². The van der Waals surface area contributed by atoms with Gasteiger partial charge < -0.3 is 24.4 Å². The molecule has 9 nitrogen and oxygen atoms in total. The first-order valence-corrected chi connectivity index (χ1v) is 15.4. The summed E-state index contributed by atoms with van der Waals surface area (Å²) < 4.78 is 18.7. The summed E-state index contributed by atoms with van der Waals surface area (Å²) in [4.78, 5) is 24.5. The number of piperidine rings is 1. The van der Waals surface area contributed by atoms with Gasteiger partial charge in [-0.2, -0.15) is 9.97 Å². The Bertz CT molecular complexity index is 1260. The first-order valence-electron chi connectivity index (χ1n) is 12.1. The van der Waals surface area contributed by atoms with E-state index >= 15 is 0 Å². The predicted octanol–water partition coefficient (Wildman–Crippen LogP) is 5.32. The Morgan fingerprint density at radius 1 is 1.25 bits per heavy atom. The van der Waals surface area contributed by atoms with Gasteiger partial charge in [0, 0.05) is 68.9 Å². The van der Waals surface area contributed by atoms with Crippen molar-refractivity contribution >= 4 is 58.9 Å². The SMILES string of the molecule is CCOc1nc(Nc2ccc(C(=O)N3CCC4(CC3)CC4COC)cc2OC)nc2c1ccn2SI. The Morgan fingerprint density at radius 3 is 2.75 bits per heavy atom. The summed E-state index contributed by atoms with van der Waals surface area (Å²) in [5.74, 6) is 2.15. The van der Waals surface area contributed by atoms with Gasteiger partial charge in [-0.1, -0.05) is 0 Å². The van der Waals surface area contributed by atoms with Crippen LogP contribution < -0.4 is 14.8 Å². The second-order valence-electron chi connectivity index (χ2n) is 9.28. The number of benzene rings is 1. The molecule has 11 heteroatoms. The average molecular weight is 624 g/mol. The molecule has 1 aliphatic carbocycles. The largest absolute Gasteiger partial charge is 0.495 e. The summed E-state index contributed by atoms with van der Waals surface area (Å²) >= 11 is 2.21. The molecule has 1 N–H and O–H groups in total. The zero-order valence-corrected chi connectivity index (χ0v) is 23.6. The quantitative estimate of drug-likeness (QED) is 0.321. The average Bonchev–Trinajstić information content (AvgIpc) is 3.37. The van der Waals surface area contributed by atoms with Crippen molar-refractivity contribution in [3.8, 4) is 11.6 Å². The number of methoxy groups -OCH3 is 2. The molecule has 192 valence electrons. The molecular weight excluding hydrogens is 593 g/mol. The summed E-state index contributed by atoms with van der Waals surface area (Å²) in [6.45, 7) is 4.81. The molecule has 1 saturated heterocycles. The smallest absolute Gasteiger partial charge is 0.253 e. The highest BCUT2D eigenvalue weighted by atomic mass is 127. The molecule has 1 aliphatic heterocycles. The molecule has 1 atom stereocenters. The second kappa shape index (κ2) is 10.6.